The molecule has 3 saturated heterocycles. The number of nitrogens with one attached hydrogen (secondary N) is 1. The molecule has 0 spiro atoms. The first-order valence-electron chi connectivity index (χ1n) is 8.47. The summed E-state index contributed by atoms with van der Waals surface area (Å²) in [5.74, 6) is 1.16. The van der Waals surface area contributed by atoms with Crippen molar-refractivity contribution < 1.29 is 5.11 Å². The Morgan fingerprint density at radius 1 is 1.17 bits per heavy atom. The highest BCUT2D eigenvalue weighted by atomic mass is 16.3. The summed E-state index contributed by atoms with van der Waals surface area (Å²) < 4.78 is 0. The quantitative estimate of drug-likeness (QED) is 0.911. The minimum atomic E-state index is 0.367. The van der Waals surface area contributed by atoms with Crippen LogP contribution in [0.2, 0.25) is 0 Å². The molecule has 1 aromatic carbocycles. The SMILES string of the molecule is Oc1ccc(-c2cccnc2)cc1CNC1CN2CCC1CC2. The molecule has 0 amide bonds. The van der Waals surface area contributed by atoms with Gasteiger partial charge in [-0.1, -0.05) is 12.1 Å². The molecule has 4 heteroatoms. The fourth-order valence-electron chi connectivity index (χ4n) is 3.88. The maximum absolute atomic E-state index is 10.2. The van der Waals surface area contributed by atoms with Gasteiger partial charge in [0.05, 0.1) is 0 Å². The Labute approximate surface area is 137 Å². The van der Waals surface area contributed by atoms with Crippen molar-refractivity contribution in [1.82, 2.24) is 15.2 Å². The van der Waals surface area contributed by atoms with Gasteiger partial charge in [0.15, 0.2) is 0 Å². The van der Waals surface area contributed by atoms with Crippen LogP contribution in [0.15, 0.2) is 42.7 Å². The fraction of sp³-hybridized carbons (Fsp3) is 0.421. The molecule has 23 heavy (non-hydrogen) atoms. The Morgan fingerprint density at radius 3 is 2.74 bits per heavy atom. The van der Waals surface area contributed by atoms with E-state index in [9.17, 15) is 5.11 Å². The van der Waals surface area contributed by atoms with Gasteiger partial charge in [0.2, 0.25) is 0 Å². The maximum Gasteiger partial charge on any atom is 0.120 e. The highest BCUT2D eigenvalue weighted by Gasteiger charge is 2.33. The van der Waals surface area contributed by atoms with Gasteiger partial charge in [-0.05, 0) is 55.6 Å². The van der Waals surface area contributed by atoms with Crippen LogP contribution < -0.4 is 5.32 Å². The van der Waals surface area contributed by atoms with Gasteiger partial charge in [0.1, 0.15) is 5.75 Å². The molecular weight excluding hydrogens is 286 g/mol. The van der Waals surface area contributed by atoms with E-state index in [-0.39, 0.29) is 0 Å². The fourth-order valence-corrected chi connectivity index (χ4v) is 3.88. The van der Waals surface area contributed by atoms with E-state index in [4.69, 9.17) is 0 Å². The molecule has 1 unspecified atom stereocenters. The molecule has 1 atom stereocenters. The van der Waals surface area contributed by atoms with Crippen molar-refractivity contribution in [2.75, 3.05) is 19.6 Å². The predicted molar refractivity (Wildman–Crippen MR) is 91.1 cm³/mol. The summed E-state index contributed by atoms with van der Waals surface area (Å²) in [6, 6.07) is 10.3. The number of benzene rings is 1. The lowest BCUT2D eigenvalue weighted by Gasteiger charge is -2.45. The lowest BCUT2D eigenvalue weighted by Crippen LogP contribution is -2.55. The summed E-state index contributed by atoms with van der Waals surface area (Å²) in [6.45, 7) is 4.37. The van der Waals surface area contributed by atoms with Crippen LogP contribution in [0.1, 0.15) is 18.4 Å². The Hall–Kier alpha value is -1.91. The molecule has 4 nitrogen and oxygen atoms in total. The Bertz CT molecular complexity index is 666. The third kappa shape index (κ3) is 3.09. The normalized spacial score (nSPS) is 26.3. The molecule has 0 aliphatic carbocycles. The van der Waals surface area contributed by atoms with E-state index in [1.807, 2.05) is 24.4 Å². The van der Waals surface area contributed by atoms with E-state index in [2.05, 4.69) is 21.3 Å². The summed E-state index contributed by atoms with van der Waals surface area (Å²) in [5.41, 5.74) is 3.14. The second-order valence-electron chi connectivity index (χ2n) is 6.71. The number of phenolic OH excluding ortho intramolecular Hbond substituents is 1. The van der Waals surface area contributed by atoms with Crippen LogP contribution in [0.25, 0.3) is 11.1 Å². The van der Waals surface area contributed by atoms with Gasteiger partial charge in [0, 0.05) is 42.7 Å². The smallest absolute Gasteiger partial charge is 0.120 e. The van der Waals surface area contributed by atoms with E-state index >= 15 is 0 Å². The van der Waals surface area contributed by atoms with Crippen LogP contribution in [0, 0.1) is 5.92 Å². The minimum absolute atomic E-state index is 0.367. The van der Waals surface area contributed by atoms with Gasteiger partial charge in [-0.25, -0.2) is 0 Å². The number of fused-ring (bicyclic) bond motifs is 3. The molecule has 120 valence electrons. The van der Waals surface area contributed by atoms with Crippen LogP contribution in [0.3, 0.4) is 0 Å². The number of nitrogens with zero attached hydrogens (tertiary/aromatic N) is 2. The average molecular weight is 309 g/mol. The molecule has 0 radical (unpaired) electrons. The lowest BCUT2D eigenvalue weighted by molar-refractivity contribution is 0.0719. The topological polar surface area (TPSA) is 48.4 Å². The Kier molecular flexibility index (Phi) is 4.02. The summed E-state index contributed by atoms with van der Waals surface area (Å²) >= 11 is 0. The third-order valence-electron chi connectivity index (χ3n) is 5.29. The second kappa shape index (κ2) is 6.30. The number of hydrogen-bond donors (Lipinski definition) is 2. The first kappa shape index (κ1) is 14.7. The van der Waals surface area contributed by atoms with Gasteiger partial charge in [-0.3, -0.25) is 4.98 Å². The molecule has 5 rings (SSSR count). The lowest BCUT2D eigenvalue weighted by atomic mass is 9.84. The number of hydrogen-bond acceptors (Lipinski definition) is 4. The molecule has 0 saturated carbocycles. The van der Waals surface area contributed by atoms with Crippen molar-refractivity contribution in [2.24, 2.45) is 5.92 Å². The number of pyridine rings is 1. The number of piperidine rings is 3. The summed E-state index contributed by atoms with van der Waals surface area (Å²) in [5, 5.41) is 13.8. The number of aromatic nitrogens is 1. The van der Waals surface area contributed by atoms with Crippen LogP contribution in [-0.2, 0) is 6.54 Å². The molecule has 2 N–H and O–H groups in total. The number of phenols is 1. The Balaban J connectivity index is 1.48. The van der Waals surface area contributed by atoms with Gasteiger partial charge in [-0.2, -0.15) is 0 Å². The van der Waals surface area contributed by atoms with Crippen LogP contribution in [-0.4, -0.2) is 40.7 Å². The predicted octanol–water partition coefficient (Wildman–Crippen LogP) is 2.64. The molecular formula is C19H23N3O. The molecule has 2 bridgehead atoms. The monoisotopic (exact) mass is 309 g/mol. The van der Waals surface area contributed by atoms with Crippen molar-refractivity contribution in [1.29, 1.82) is 0 Å². The highest BCUT2D eigenvalue weighted by molar-refractivity contribution is 5.64. The van der Waals surface area contributed by atoms with Crippen molar-refractivity contribution >= 4 is 0 Å². The van der Waals surface area contributed by atoms with Crippen molar-refractivity contribution in [3.05, 3.63) is 48.3 Å². The van der Waals surface area contributed by atoms with Gasteiger partial charge in [0.25, 0.3) is 0 Å². The first-order valence-corrected chi connectivity index (χ1v) is 8.47. The summed E-state index contributed by atoms with van der Waals surface area (Å²) in [4.78, 5) is 6.72. The van der Waals surface area contributed by atoms with Crippen molar-refractivity contribution in [3.8, 4) is 16.9 Å². The zero-order valence-corrected chi connectivity index (χ0v) is 13.3. The maximum atomic E-state index is 10.2. The van der Waals surface area contributed by atoms with Crippen molar-refractivity contribution in [3.63, 3.8) is 0 Å². The molecule has 3 aliphatic rings. The van der Waals surface area contributed by atoms with E-state index in [0.29, 0.717) is 11.8 Å². The summed E-state index contributed by atoms with van der Waals surface area (Å²) in [6.07, 6.45) is 6.25. The largest absolute Gasteiger partial charge is 0.508 e. The number of rotatable bonds is 4. The average Bonchev–Trinajstić information content (AvgIpc) is 2.63. The summed E-state index contributed by atoms with van der Waals surface area (Å²) in [7, 11) is 0. The van der Waals surface area contributed by atoms with E-state index in [0.717, 1.165) is 35.7 Å². The molecule has 1 aromatic heterocycles. The van der Waals surface area contributed by atoms with Crippen LogP contribution in [0.5, 0.6) is 5.75 Å². The number of aromatic hydroxyl groups is 1. The van der Waals surface area contributed by atoms with E-state index in [1.165, 1.54) is 25.9 Å². The van der Waals surface area contributed by atoms with E-state index in [1.54, 1.807) is 12.3 Å². The van der Waals surface area contributed by atoms with Gasteiger partial charge < -0.3 is 15.3 Å². The molecule has 2 aromatic rings. The highest BCUT2D eigenvalue weighted by Crippen LogP contribution is 2.29. The standard InChI is InChI=1S/C19H23N3O/c23-19-4-3-15(16-2-1-7-20-11-16)10-17(19)12-21-18-13-22-8-5-14(18)6-9-22/h1-4,7,10-11,14,18,21,23H,5-6,8-9,12-13H2. The minimum Gasteiger partial charge on any atom is -0.508 e. The first-order chi connectivity index (χ1) is 11.3. The third-order valence-corrected chi connectivity index (χ3v) is 5.29. The zero-order chi connectivity index (χ0) is 15.6. The van der Waals surface area contributed by atoms with E-state index < -0.39 is 0 Å². The van der Waals surface area contributed by atoms with Crippen molar-refractivity contribution in [2.45, 2.75) is 25.4 Å². The molecule has 4 heterocycles. The Morgan fingerprint density at radius 2 is 2.04 bits per heavy atom. The van der Waals surface area contributed by atoms with Crippen LogP contribution in [0.4, 0.5) is 0 Å². The molecule has 3 fully saturated rings. The zero-order valence-electron chi connectivity index (χ0n) is 13.3. The second-order valence-corrected chi connectivity index (χ2v) is 6.71. The van der Waals surface area contributed by atoms with Gasteiger partial charge >= 0.3 is 0 Å². The molecule has 3 aliphatic heterocycles. The van der Waals surface area contributed by atoms with Gasteiger partial charge in [-0.15, -0.1) is 0 Å². The van der Waals surface area contributed by atoms with Crippen LogP contribution >= 0.6 is 0 Å².